The third kappa shape index (κ3) is 4.23. The van der Waals surface area contributed by atoms with Crippen molar-refractivity contribution < 1.29 is 9.47 Å². The van der Waals surface area contributed by atoms with Gasteiger partial charge >= 0.3 is 0 Å². The molecule has 0 N–H and O–H groups in total. The Morgan fingerprint density at radius 1 is 1.19 bits per heavy atom. The lowest BCUT2D eigenvalue weighted by atomic mass is 9.92. The SMILES string of the molecule is CCCOc1ccc(CC(C)C2OC2CC)cc1C(C)C. The Kier molecular flexibility index (Phi) is 5.69. The third-order valence-electron chi connectivity index (χ3n) is 4.30. The summed E-state index contributed by atoms with van der Waals surface area (Å²) >= 11 is 0. The summed E-state index contributed by atoms with van der Waals surface area (Å²) in [5.41, 5.74) is 2.73. The van der Waals surface area contributed by atoms with Gasteiger partial charge in [0, 0.05) is 0 Å². The van der Waals surface area contributed by atoms with Crippen molar-refractivity contribution in [2.45, 2.75) is 72.0 Å². The molecule has 1 aliphatic heterocycles. The molecule has 1 saturated heterocycles. The van der Waals surface area contributed by atoms with Crippen LogP contribution >= 0.6 is 0 Å². The minimum Gasteiger partial charge on any atom is -0.493 e. The molecule has 0 aliphatic carbocycles. The van der Waals surface area contributed by atoms with E-state index in [2.05, 4.69) is 52.8 Å². The summed E-state index contributed by atoms with van der Waals surface area (Å²) in [6.45, 7) is 11.9. The molecule has 0 amide bonds. The Labute approximate surface area is 129 Å². The zero-order valence-corrected chi connectivity index (χ0v) is 14.2. The van der Waals surface area contributed by atoms with Gasteiger partial charge in [-0.05, 0) is 48.3 Å². The van der Waals surface area contributed by atoms with E-state index in [0.29, 0.717) is 24.0 Å². The minimum absolute atomic E-state index is 0.466. The minimum atomic E-state index is 0.466. The van der Waals surface area contributed by atoms with E-state index in [-0.39, 0.29) is 0 Å². The molecule has 3 unspecified atom stereocenters. The fraction of sp³-hybridized carbons (Fsp3) is 0.684. The predicted octanol–water partition coefficient (Wildman–Crippen LogP) is 4.95. The molecule has 0 radical (unpaired) electrons. The lowest BCUT2D eigenvalue weighted by Gasteiger charge is -2.16. The van der Waals surface area contributed by atoms with Gasteiger partial charge in [0.15, 0.2) is 0 Å². The number of hydrogen-bond donors (Lipinski definition) is 0. The van der Waals surface area contributed by atoms with E-state index in [1.54, 1.807) is 0 Å². The molecule has 1 aromatic rings. The topological polar surface area (TPSA) is 21.8 Å². The number of ether oxygens (including phenoxy) is 2. The van der Waals surface area contributed by atoms with Gasteiger partial charge in [-0.15, -0.1) is 0 Å². The van der Waals surface area contributed by atoms with Gasteiger partial charge in [0.1, 0.15) is 5.75 Å². The summed E-state index contributed by atoms with van der Waals surface area (Å²) in [5, 5.41) is 0. The van der Waals surface area contributed by atoms with Gasteiger partial charge in [-0.1, -0.05) is 46.8 Å². The summed E-state index contributed by atoms with van der Waals surface area (Å²) in [6.07, 6.45) is 4.24. The smallest absolute Gasteiger partial charge is 0.122 e. The molecule has 1 heterocycles. The van der Waals surface area contributed by atoms with Crippen LogP contribution in [0.25, 0.3) is 0 Å². The number of hydrogen-bond acceptors (Lipinski definition) is 2. The van der Waals surface area contributed by atoms with Gasteiger partial charge in [0.25, 0.3) is 0 Å². The first-order valence-electron chi connectivity index (χ1n) is 8.47. The van der Waals surface area contributed by atoms with Crippen molar-refractivity contribution >= 4 is 0 Å². The van der Waals surface area contributed by atoms with E-state index >= 15 is 0 Å². The Morgan fingerprint density at radius 2 is 1.95 bits per heavy atom. The van der Waals surface area contributed by atoms with Gasteiger partial charge < -0.3 is 9.47 Å². The molecular weight excluding hydrogens is 260 g/mol. The molecule has 21 heavy (non-hydrogen) atoms. The Morgan fingerprint density at radius 3 is 2.52 bits per heavy atom. The van der Waals surface area contributed by atoms with Gasteiger partial charge in [-0.2, -0.15) is 0 Å². The van der Waals surface area contributed by atoms with Crippen LogP contribution in [0.4, 0.5) is 0 Å². The standard InChI is InChI=1S/C19H30O2/c1-6-10-20-18-9-8-15(12-16(18)13(3)4)11-14(5)19-17(7-2)21-19/h8-9,12-14,17,19H,6-7,10-11H2,1-5H3. The monoisotopic (exact) mass is 290 g/mol. The van der Waals surface area contributed by atoms with Crippen LogP contribution in [0.1, 0.15) is 64.5 Å². The fourth-order valence-electron chi connectivity index (χ4n) is 2.99. The van der Waals surface area contributed by atoms with Gasteiger partial charge in [-0.25, -0.2) is 0 Å². The molecule has 2 nitrogen and oxygen atoms in total. The van der Waals surface area contributed by atoms with E-state index in [1.807, 2.05) is 0 Å². The van der Waals surface area contributed by atoms with Crippen LogP contribution in [0.15, 0.2) is 18.2 Å². The van der Waals surface area contributed by atoms with E-state index in [4.69, 9.17) is 9.47 Å². The maximum absolute atomic E-state index is 5.88. The number of epoxide rings is 1. The highest BCUT2D eigenvalue weighted by atomic mass is 16.6. The highest BCUT2D eigenvalue weighted by Crippen LogP contribution is 2.35. The second kappa shape index (κ2) is 7.31. The third-order valence-corrected chi connectivity index (χ3v) is 4.30. The summed E-state index contributed by atoms with van der Waals surface area (Å²) in [7, 11) is 0. The van der Waals surface area contributed by atoms with Crippen LogP contribution in [0.2, 0.25) is 0 Å². The number of benzene rings is 1. The largest absolute Gasteiger partial charge is 0.493 e. The Bertz CT molecular complexity index is 453. The molecular formula is C19H30O2. The second-order valence-electron chi connectivity index (χ2n) is 6.60. The molecule has 3 atom stereocenters. The quantitative estimate of drug-likeness (QED) is 0.631. The molecule has 0 spiro atoms. The molecule has 2 heteroatoms. The average molecular weight is 290 g/mol. The zero-order chi connectivity index (χ0) is 15.4. The van der Waals surface area contributed by atoms with Crippen molar-refractivity contribution in [3.05, 3.63) is 29.3 Å². The van der Waals surface area contributed by atoms with Crippen LogP contribution in [0.3, 0.4) is 0 Å². The molecule has 1 aromatic carbocycles. The predicted molar refractivity (Wildman–Crippen MR) is 88.1 cm³/mol. The molecule has 118 valence electrons. The Balaban J connectivity index is 2.05. The van der Waals surface area contributed by atoms with Crippen molar-refractivity contribution in [1.29, 1.82) is 0 Å². The van der Waals surface area contributed by atoms with Crippen molar-refractivity contribution in [1.82, 2.24) is 0 Å². The van der Waals surface area contributed by atoms with Crippen LogP contribution in [-0.4, -0.2) is 18.8 Å². The molecule has 0 aromatic heterocycles. The van der Waals surface area contributed by atoms with Crippen LogP contribution in [0.5, 0.6) is 5.75 Å². The van der Waals surface area contributed by atoms with E-state index in [1.165, 1.54) is 11.1 Å². The maximum atomic E-state index is 5.88. The highest BCUT2D eigenvalue weighted by molar-refractivity contribution is 5.39. The van der Waals surface area contributed by atoms with E-state index < -0.39 is 0 Å². The molecule has 0 bridgehead atoms. The summed E-state index contributed by atoms with van der Waals surface area (Å²) < 4.78 is 11.6. The zero-order valence-electron chi connectivity index (χ0n) is 14.2. The normalized spacial score (nSPS) is 22.4. The van der Waals surface area contributed by atoms with Gasteiger partial charge in [0.2, 0.25) is 0 Å². The molecule has 0 saturated carbocycles. The molecule has 1 aliphatic rings. The van der Waals surface area contributed by atoms with Crippen LogP contribution < -0.4 is 4.74 Å². The van der Waals surface area contributed by atoms with Gasteiger partial charge in [0.05, 0.1) is 18.8 Å². The van der Waals surface area contributed by atoms with Gasteiger partial charge in [-0.3, -0.25) is 0 Å². The molecule has 1 fully saturated rings. The van der Waals surface area contributed by atoms with Crippen molar-refractivity contribution in [3.8, 4) is 5.75 Å². The average Bonchev–Trinajstić information content (AvgIpc) is 3.25. The van der Waals surface area contributed by atoms with Crippen molar-refractivity contribution in [2.24, 2.45) is 5.92 Å². The molecule has 2 rings (SSSR count). The number of rotatable bonds is 8. The van der Waals surface area contributed by atoms with Crippen LogP contribution in [-0.2, 0) is 11.2 Å². The van der Waals surface area contributed by atoms with Crippen molar-refractivity contribution in [2.75, 3.05) is 6.61 Å². The maximum Gasteiger partial charge on any atom is 0.122 e. The summed E-state index contributed by atoms with van der Waals surface area (Å²) in [5.74, 6) is 2.14. The Hall–Kier alpha value is -1.02. The van der Waals surface area contributed by atoms with Crippen LogP contribution in [0, 0.1) is 5.92 Å². The first kappa shape index (κ1) is 16.4. The van der Waals surface area contributed by atoms with Crippen molar-refractivity contribution in [3.63, 3.8) is 0 Å². The summed E-state index contributed by atoms with van der Waals surface area (Å²) in [4.78, 5) is 0. The first-order valence-corrected chi connectivity index (χ1v) is 8.47. The second-order valence-corrected chi connectivity index (χ2v) is 6.60. The lowest BCUT2D eigenvalue weighted by molar-refractivity contribution is 0.312. The van der Waals surface area contributed by atoms with E-state index in [0.717, 1.165) is 31.6 Å². The summed E-state index contributed by atoms with van der Waals surface area (Å²) in [6, 6.07) is 6.70. The highest BCUT2D eigenvalue weighted by Gasteiger charge is 2.40. The fourth-order valence-corrected chi connectivity index (χ4v) is 2.99. The first-order chi connectivity index (χ1) is 10.1. The lowest BCUT2D eigenvalue weighted by Crippen LogP contribution is -2.10. The van der Waals surface area contributed by atoms with E-state index in [9.17, 15) is 0 Å².